The standard InChI is InChI=1S/C10H19NO8S/c1-4-18-8(12)7(2)5-10(3,9(13)14)6-19-20(16,17)11-15/h7,11,15H,4-6H2,1-3H3,(H,13,14). The number of ether oxygens (including phenoxy) is 1. The van der Waals surface area contributed by atoms with Crippen molar-refractivity contribution >= 4 is 22.2 Å². The summed E-state index contributed by atoms with van der Waals surface area (Å²) in [5.74, 6) is -2.66. The monoisotopic (exact) mass is 313 g/mol. The number of carbonyl (C=O) groups excluding carboxylic acids is 1. The molecule has 9 nitrogen and oxygen atoms in total. The molecular weight excluding hydrogens is 294 g/mol. The maximum atomic E-state index is 11.5. The van der Waals surface area contributed by atoms with E-state index in [1.54, 1.807) is 6.92 Å². The summed E-state index contributed by atoms with van der Waals surface area (Å²) in [6, 6.07) is 0. The van der Waals surface area contributed by atoms with E-state index in [0.717, 1.165) is 4.89 Å². The summed E-state index contributed by atoms with van der Waals surface area (Å²) in [6.07, 6.45) is -0.178. The summed E-state index contributed by atoms with van der Waals surface area (Å²) in [6.45, 7) is 3.74. The smallest absolute Gasteiger partial charge is 0.358 e. The van der Waals surface area contributed by atoms with Crippen molar-refractivity contribution in [2.24, 2.45) is 11.3 Å². The lowest BCUT2D eigenvalue weighted by molar-refractivity contribution is -0.154. The molecule has 0 aliphatic heterocycles. The highest BCUT2D eigenvalue weighted by molar-refractivity contribution is 7.84. The van der Waals surface area contributed by atoms with Crippen LogP contribution in [0.15, 0.2) is 0 Å². The number of hydrogen-bond donors (Lipinski definition) is 3. The predicted octanol–water partition coefficient (Wildman–Crippen LogP) is -0.0932. The van der Waals surface area contributed by atoms with Gasteiger partial charge < -0.3 is 15.1 Å². The molecule has 0 rings (SSSR count). The molecule has 0 saturated heterocycles. The molecule has 0 aliphatic carbocycles. The molecule has 0 heterocycles. The number of nitrogens with one attached hydrogen (secondary N) is 1. The fourth-order valence-corrected chi connectivity index (χ4v) is 1.95. The van der Waals surface area contributed by atoms with Gasteiger partial charge >= 0.3 is 22.2 Å². The first-order valence-electron chi connectivity index (χ1n) is 5.78. The van der Waals surface area contributed by atoms with Crippen LogP contribution in [0, 0.1) is 11.3 Å². The Morgan fingerprint density at radius 3 is 2.35 bits per heavy atom. The zero-order valence-corrected chi connectivity index (χ0v) is 12.3. The van der Waals surface area contributed by atoms with E-state index in [-0.39, 0.29) is 13.0 Å². The number of rotatable bonds is 9. The molecule has 118 valence electrons. The van der Waals surface area contributed by atoms with Crippen molar-refractivity contribution in [3.63, 3.8) is 0 Å². The molecule has 0 aromatic heterocycles. The maximum Gasteiger partial charge on any atom is 0.358 e. The third-order valence-corrected chi connectivity index (χ3v) is 3.26. The normalized spacial score (nSPS) is 16.2. The average molecular weight is 313 g/mol. The zero-order chi connectivity index (χ0) is 16.0. The molecule has 20 heavy (non-hydrogen) atoms. The molecule has 0 spiro atoms. The van der Waals surface area contributed by atoms with Crippen LogP contribution in [-0.2, 0) is 28.8 Å². The Morgan fingerprint density at radius 2 is 1.95 bits per heavy atom. The molecular formula is C10H19NO8S. The summed E-state index contributed by atoms with van der Waals surface area (Å²) >= 11 is 0. The lowest BCUT2D eigenvalue weighted by atomic mass is 9.82. The van der Waals surface area contributed by atoms with Gasteiger partial charge in [-0.2, -0.15) is 8.42 Å². The van der Waals surface area contributed by atoms with Crippen molar-refractivity contribution in [1.82, 2.24) is 4.89 Å². The van der Waals surface area contributed by atoms with Gasteiger partial charge in [0.05, 0.1) is 24.5 Å². The molecule has 0 amide bonds. The lowest BCUT2D eigenvalue weighted by Crippen LogP contribution is -2.38. The van der Waals surface area contributed by atoms with Crippen molar-refractivity contribution in [3.05, 3.63) is 0 Å². The highest BCUT2D eigenvalue weighted by Crippen LogP contribution is 2.28. The van der Waals surface area contributed by atoms with E-state index < -0.39 is 40.2 Å². The predicted molar refractivity (Wildman–Crippen MR) is 66.0 cm³/mol. The SMILES string of the molecule is CCOC(=O)C(C)CC(C)(COS(=O)(=O)NO)C(=O)O. The molecule has 2 atom stereocenters. The summed E-state index contributed by atoms with van der Waals surface area (Å²) in [5.41, 5.74) is -1.63. The van der Waals surface area contributed by atoms with Gasteiger partial charge in [-0.05, 0) is 20.3 Å². The summed E-state index contributed by atoms with van der Waals surface area (Å²) in [7, 11) is -4.43. The van der Waals surface area contributed by atoms with Gasteiger partial charge in [0.25, 0.3) is 0 Å². The second kappa shape index (κ2) is 7.53. The van der Waals surface area contributed by atoms with Gasteiger partial charge in [0.1, 0.15) is 0 Å². The van der Waals surface area contributed by atoms with Crippen LogP contribution in [0.4, 0.5) is 0 Å². The Bertz CT molecular complexity index is 448. The molecule has 0 fully saturated rings. The zero-order valence-electron chi connectivity index (χ0n) is 11.5. The van der Waals surface area contributed by atoms with Crippen LogP contribution in [0.25, 0.3) is 0 Å². The minimum atomic E-state index is -4.43. The van der Waals surface area contributed by atoms with Crippen LogP contribution in [0.3, 0.4) is 0 Å². The Balaban J connectivity index is 4.86. The molecule has 0 saturated carbocycles. The first kappa shape index (κ1) is 18.8. The summed E-state index contributed by atoms with van der Waals surface area (Å²) in [4.78, 5) is 23.6. The van der Waals surface area contributed by atoms with Gasteiger partial charge in [-0.1, -0.05) is 11.8 Å². The van der Waals surface area contributed by atoms with Gasteiger partial charge in [-0.15, -0.1) is 0 Å². The molecule has 0 radical (unpaired) electrons. The molecule has 0 aromatic rings. The van der Waals surface area contributed by atoms with E-state index >= 15 is 0 Å². The fraction of sp³-hybridized carbons (Fsp3) is 0.800. The van der Waals surface area contributed by atoms with Crippen LogP contribution >= 0.6 is 0 Å². The van der Waals surface area contributed by atoms with Gasteiger partial charge in [0, 0.05) is 0 Å². The Hall–Kier alpha value is -1.23. The number of carboxylic acids is 1. The topological polar surface area (TPSA) is 139 Å². The van der Waals surface area contributed by atoms with Crippen LogP contribution in [0.1, 0.15) is 27.2 Å². The summed E-state index contributed by atoms with van der Waals surface area (Å²) < 4.78 is 30.9. The van der Waals surface area contributed by atoms with Gasteiger partial charge in [-0.25, -0.2) is 0 Å². The van der Waals surface area contributed by atoms with Crippen LogP contribution in [-0.4, -0.2) is 43.9 Å². The molecule has 3 N–H and O–H groups in total. The lowest BCUT2D eigenvalue weighted by Gasteiger charge is -2.26. The third kappa shape index (κ3) is 5.82. The molecule has 0 bridgehead atoms. The van der Waals surface area contributed by atoms with Crippen molar-refractivity contribution in [1.29, 1.82) is 0 Å². The number of carbonyl (C=O) groups is 2. The number of aliphatic carboxylic acids is 1. The second-order valence-electron chi connectivity index (χ2n) is 4.53. The van der Waals surface area contributed by atoms with E-state index in [2.05, 4.69) is 4.18 Å². The fourth-order valence-electron chi connectivity index (χ4n) is 1.49. The highest BCUT2D eigenvalue weighted by atomic mass is 32.2. The number of hydrogen-bond acceptors (Lipinski definition) is 7. The maximum absolute atomic E-state index is 11.5. The quantitative estimate of drug-likeness (QED) is 0.396. The average Bonchev–Trinajstić information content (AvgIpc) is 2.36. The van der Waals surface area contributed by atoms with E-state index in [4.69, 9.17) is 15.1 Å². The van der Waals surface area contributed by atoms with E-state index in [1.165, 1.54) is 13.8 Å². The van der Waals surface area contributed by atoms with Crippen LogP contribution in [0.5, 0.6) is 0 Å². The number of esters is 1. The number of carboxylic acid groups (broad SMARTS) is 1. The van der Waals surface area contributed by atoms with E-state index in [9.17, 15) is 18.0 Å². The van der Waals surface area contributed by atoms with Gasteiger partial charge in [0.2, 0.25) is 0 Å². The highest BCUT2D eigenvalue weighted by Gasteiger charge is 2.38. The third-order valence-electron chi connectivity index (χ3n) is 2.61. The van der Waals surface area contributed by atoms with Crippen molar-refractivity contribution in [2.45, 2.75) is 27.2 Å². The van der Waals surface area contributed by atoms with Crippen LogP contribution in [0.2, 0.25) is 0 Å². The van der Waals surface area contributed by atoms with Crippen molar-refractivity contribution in [3.8, 4) is 0 Å². The minimum absolute atomic E-state index is 0.159. The first-order valence-corrected chi connectivity index (χ1v) is 7.19. The summed E-state index contributed by atoms with van der Waals surface area (Å²) in [5, 5.41) is 17.4. The van der Waals surface area contributed by atoms with Gasteiger partial charge in [0.15, 0.2) is 0 Å². The van der Waals surface area contributed by atoms with Crippen molar-refractivity contribution < 1.29 is 37.2 Å². The van der Waals surface area contributed by atoms with Gasteiger partial charge in [-0.3, -0.25) is 13.8 Å². The van der Waals surface area contributed by atoms with Crippen LogP contribution < -0.4 is 4.89 Å². The van der Waals surface area contributed by atoms with E-state index in [1.807, 2.05) is 0 Å². The molecule has 0 aromatic carbocycles. The molecule has 10 heteroatoms. The minimum Gasteiger partial charge on any atom is -0.481 e. The molecule has 2 unspecified atom stereocenters. The first-order chi connectivity index (χ1) is 9.08. The Labute approximate surface area is 117 Å². The molecule has 0 aliphatic rings. The Morgan fingerprint density at radius 1 is 1.40 bits per heavy atom. The van der Waals surface area contributed by atoms with Crippen molar-refractivity contribution in [2.75, 3.05) is 13.2 Å². The van der Waals surface area contributed by atoms with E-state index in [0.29, 0.717) is 0 Å². The Kier molecular flexibility index (Phi) is 7.06. The second-order valence-corrected chi connectivity index (χ2v) is 5.86. The largest absolute Gasteiger partial charge is 0.481 e.